The molecule has 0 atom stereocenters. The minimum atomic E-state index is -0.137. The van der Waals surface area contributed by atoms with Crippen LogP contribution in [0.15, 0.2) is 30.5 Å². The fraction of sp³-hybridized carbons (Fsp3) is 0.286. The van der Waals surface area contributed by atoms with Gasteiger partial charge in [0.1, 0.15) is 0 Å². The molecular formula is C14H18Cl3N3O. The van der Waals surface area contributed by atoms with Gasteiger partial charge in [-0.15, -0.1) is 24.8 Å². The molecule has 0 aliphatic carbocycles. The van der Waals surface area contributed by atoms with Crippen LogP contribution in [0.1, 0.15) is 16.8 Å². The van der Waals surface area contributed by atoms with Crippen LogP contribution in [0.25, 0.3) is 10.9 Å². The molecule has 1 aromatic heterocycles. The summed E-state index contributed by atoms with van der Waals surface area (Å²) in [7, 11) is 1.89. The van der Waals surface area contributed by atoms with Crippen molar-refractivity contribution in [2.75, 3.05) is 20.1 Å². The van der Waals surface area contributed by atoms with Gasteiger partial charge < -0.3 is 10.6 Å². The molecule has 116 valence electrons. The number of nitrogens with one attached hydrogen (secondary N) is 2. The van der Waals surface area contributed by atoms with Crippen LogP contribution in [0.5, 0.6) is 0 Å². The molecule has 0 saturated carbocycles. The molecule has 0 saturated heterocycles. The maximum absolute atomic E-state index is 12.1. The van der Waals surface area contributed by atoms with Gasteiger partial charge in [-0.1, -0.05) is 17.7 Å². The van der Waals surface area contributed by atoms with Gasteiger partial charge in [-0.05, 0) is 38.2 Å². The maximum Gasteiger partial charge on any atom is 0.253 e. The Morgan fingerprint density at radius 1 is 1.29 bits per heavy atom. The van der Waals surface area contributed by atoms with E-state index < -0.39 is 0 Å². The molecule has 0 radical (unpaired) electrons. The number of hydrogen-bond donors (Lipinski definition) is 2. The second-order valence-electron chi connectivity index (χ2n) is 4.24. The van der Waals surface area contributed by atoms with Crippen molar-refractivity contribution in [2.45, 2.75) is 6.42 Å². The molecule has 1 amide bonds. The first kappa shape index (κ1) is 19.9. The normalized spacial score (nSPS) is 9.62. The Bertz CT molecular complexity index is 593. The number of fused-ring (bicyclic) bond motifs is 1. The van der Waals surface area contributed by atoms with Gasteiger partial charge in [0.2, 0.25) is 0 Å². The standard InChI is InChI=1S/C14H16ClN3O.2ClH/c1-16-5-3-7-18-14(19)12-9-11(15)8-10-4-2-6-17-13(10)12;;/h2,4,6,8-9,16H,3,5,7H2,1H3,(H,18,19);2*1H. The van der Waals surface area contributed by atoms with Crippen molar-refractivity contribution in [3.63, 3.8) is 0 Å². The number of hydrogen-bond acceptors (Lipinski definition) is 3. The third-order valence-corrected chi connectivity index (χ3v) is 3.02. The molecule has 2 aromatic rings. The summed E-state index contributed by atoms with van der Waals surface area (Å²) in [5.74, 6) is -0.137. The van der Waals surface area contributed by atoms with E-state index in [1.54, 1.807) is 12.3 Å². The monoisotopic (exact) mass is 349 g/mol. The predicted octanol–water partition coefficient (Wildman–Crippen LogP) is 3.07. The lowest BCUT2D eigenvalue weighted by Gasteiger charge is -2.08. The van der Waals surface area contributed by atoms with Crippen molar-refractivity contribution in [3.05, 3.63) is 41.0 Å². The van der Waals surface area contributed by atoms with E-state index in [0.717, 1.165) is 18.4 Å². The highest BCUT2D eigenvalue weighted by Crippen LogP contribution is 2.22. The second-order valence-corrected chi connectivity index (χ2v) is 4.68. The number of halogens is 3. The number of nitrogens with zero attached hydrogens (tertiary/aromatic N) is 1. The Labute approximate surface area is 141 Å². The molecule has 0 aliphatic rings. The van der Waals surface area contributed by atoms with E-state index in [4.69, 9.17) is 11.6 Å². The van der Waals surface area contributed by atoms with Crippen LogP contribution in [0.3, 0.4) is 0 Å². The van der Waals surface area contributed by atoms with E-state index in [1.165, 1.54) is 0 Å². The van der Waals surface area contributed by atoms with E-state index in [1.807, 2.05) is 25.2 Å². The van der Waals surface area contributed by atoms with Gasteiger partial charge >= 0.3 is 0 Å². The molecule has 7 heteroatoms. The summed E-state index contributed by atoms with van der Waals surface area (Å²) in [6, 6.07) is 7.19. The number of amides is 1. The molecule has 0 fully saturated rings. The SMILES string of the molecule is CNCCCNC(=O)c1cc(Cl)cc2cccnc12.Cl.Cl. The molecule has 1 heterocycles. The first-order valence-corrected chi connectivity index (χ1v) is 6.57. The topological polar surface area (TPSA) is 54.0 Å². The number of benzene rings is 1. The summed E-state index contributed by atoms with van der Waals surface area (Å²) in [4.78, 5) is 16.4. The fourth-order valence-electron chi connectivity index (χ4n) is 1.89. The lowest BCUT2D eigenvalue weighted by molar-refractivity contribution is 0.0955. The van der Waals surface area contributed by atoms with Crippen molar-refractivity contribution in [3.8, 4) is 0 Å². The average molecular weight is 351 g/mol. The van der Waals surface area contributed by atoms with Gasteiger partial charge in [0.25, 0.3) is 5.91 Å². The number of aromatic nitrogens is 1. The van der Waals surface area contributed by atoms with Crippen LogP contribution in [0.4, 0.5) is 0 Å². The highest BCUT2D eigenvalue weighted by molar-refractivity contribution is 6.32. The van der Waals surface area contributed by atoms with Gasteiger partial charge in [0.15, 0.2) is 0 Å². The summed E-state index contributed by atoms with van der Waals surface area (Å²) < 4.78 is 0. The number of carbonyl (C=O) groups is 1. The van der Waals surface area contributed by atoms with Crippen LogP contribution in [0, 0.1) is 0 Å². The Hall–Kier alpha value is -1.07. The largest absolute Gasteiger partial charge is 0.352 e. The van der Waals surface area contributed by atoms with Gasteiger partial charge in [-0.25, -0.2) is 0 Å². The highest BCUT2D eigenvalue weighted by Gasteiger charge is 2.11. The molecule has 4 nitrogen and oxygen atoms in total. The zero-order valence-electron chi connectivity index (χ0n) is 11.6. The number of rotatable bonds is 5. The maximum atomic E-state index is 12.1. The zero-order chi connectivity index (χ0) is 13.7. The predicted molar refractivity (Wildman–Crippen MR) is 92.1 cm³/mol. The fourth-order valence-corrected chi connectivity index (χ4v) is 2.12. The van der Waals surface area contributed by atoms with E-state index in [-0.39, 0.29) is 30.7 Å². The van der Waals surface area contributed by atoms with Gasteiger partial charge in [-0.2, -0.15) is 0 Å². The molecule has 0 spiro atoms. The molecular weight excluding hydrogens is 333 g/mol. The van der Waals surface area contributed by atoms with Crippen molar-refractivity contribution in [1.29, 1.82) is 0 Å². The molecule has 2 rings (SSSR count). The first-order valence-electron chi connectivity index (χ1n) is 6.19. The summed E-state index contributed by atoms with van der Waals surface area (Å²) in [5, 5.41) is 7.32. The molecule has 1 aromatic carbocycles. The molecule has 2 N–H and O–H groups in total. The number of carbonyl (C=O) groups excluding carboxylic acids is 1. The zero-order valence-corrected chi connectivity index (χ0v) is 13.9. The van der Waals surface area contributed by atoms with Gasteiger partial charge in [0, 0.05) is 23.2 Å². The smallest absolute Gasteiger partial charge is 0.253 e. The summed E-state index contributed by atoms with van der Waals surface area (Å²) in [6.07, 6.45) is 2.56. The van der Waals surface area contributed by atoms with E-state index >= 15 is 0 Å². The third kappa shape index (κ3) is 5.32. The van der Waals surface area contributed by atoms with Crippen LogP contribution in [0.2, 0.25) is 5.02 Å². The molecule has 0 bridgehead atoms. The lowest BCUT2D eigenvalue weighted by atomic mass is 10.1. The van der Waals surface area contributed by atoms with E-state index in [2.05, 4.69) is 15.6 Å². The average Bonchev–Trinajstić information content (AvgIpc) is 2.42. The minimum absolute atomic E-state index is 0. The lowest BCUT2D eigenvalue weighted by Crippen LogP contribution is -2.26. The van der Waals surface area contributed by atoms with Gasteiger partial charge in [0.05, 0.1) is 11.1 Å². The molecule has 21 heavy (non-hydrogen) atoms. The van der Waals surface area contributed by atoms with Crippen molar-refractivity contribution in [2.24, 2.45) is 0 Å². The Morgan fingerprint density at radius 3 is 2.76 bits per heavy atom. The minimum Gasteiger partial charge on any atom is -0.352 e. The summed E-state index contributed by atoms with van der Waals surface area (Å²) in [5.41, 5.74) is 1.20. The van der Waals surface area contributed by atoms with Crippen molar-refractivity contribution < 1.29 is 4.79 Å². The first-order chi connectivity index (χ1) is 9.22. The van der Waals surface area contributed by atoms with Crippen LogP contribution in [-0.2, 0) is 0 Å². The second kappa shape index (κ2) is 9.79. The van der Waals surface area contributed by atoms with E-state index in [0.29, 0.717) is 22.6 Å². The van der Waals surface area contributed by atoms with Crippen LogP contribution < -0.4 is 10.6 Å². The van der Waals surface area contributed by atoms with E-state index in [9.17, 15) is 4.79 Å². The Morgan fingerprint density at radius 2 is 2.05 bits per heavy atom. The van der Waals surface area contributed by atoms with Crippen molar-refractivity contribution in [1.82, 2.24) is 15.6 Å². The third-order valence-electron chi connectivity index (χ3n) is 2.80. The van der Waals surface area contributed by atoms with Crippen LogP contribution in [-0.4, -0.2) is 31.0 Å². The van der Waals surface area contributed by atoms with Gasteiger partial charge in [-0.3, -0.25) is 9.78 Å². The highest BCUT2D eigenvalue weighted by atomic mass is 35.5. The molecule has 0 aliphatic heterocycles. The quantitative estimate of drug-likeness (QED) is 0.815. The number of pyridine rings is 1. The Balaban J connectivity index is 0.00000200. The summed E-state index contributed by atoms with van der Waals surface area (Å²) >= 11 is 6.03. The molecule has 0 unspecified atom stereocenters. The Kier molecular flexibility index (Phi) is 9.29. The van der Waals surface area contributed by atoms with Crippen molar-refractivity contribution >= 4 is 53.2 Å². The van der Waals surface area contributed by atoms with Crippen LogP contribution >= 0.6 is 36.4 Å². The summed E-state index contributed by atoms with van der Waals surface area (Å²) in [6.45, 7) is 1.50.